The molecule has 0 bridgehead atoms. The predicted molar refractivity (Wildman–Crippen MR) is 51.1 cm³/mol. The third-order valence-corrected chi connectivity index (χ3v) is 2.68. The van der Waals surface area contributed by atoms with Gasteiger partial charge >= 0.3 is 0 Å². The van der Waals surface area contributed by atoms with E-state index in [1.54, 1.807) is 12.1 Å². The van der Waals surface area contributed by atoms with E-state index in [0.717, 1.165) is 18.7 Å². The van der Waals surface area contributed by atoms with E-state index < -0.39 is 0 Å². The molecule has 1 aromatic carbocycles. The Morgan fingerprint density at radius 2 is 2.00 bits per heavy atom. The van der Waals surface area contributed by atoms with Crippen molar-refractivity contribution < 1.29 is 4.39 Å². The van der Waals surface area contributed by atoms with Gasteiger partial charge in [-0.2, -0.15) is 5.26 Å². The highest BCUT2D eigenvalue weighted by molar-refractivity contribution is 5.25. The van der Waals surface area contributed by atoms with Crippen LogP contribution in [0.25, 0.3) is 0 Å². The quantitative estimate of drug-likeness (QED) is 0.731. The normalized spacial score (nSPS) is 26.0. The lowest BCUT2D eigenvalue weighted by molar-refractivity contribution is 0.618. The number of nitrogens with one attached hydrogen (secondary N) is 1. The number of nitrogens with zero attached hydrogens (tertiary/aromatic N) is 1. The number of rotatable bonds is 1. The Morgan fingerprint density at radius 1 is 1.29 bits per heavy atom. The first-order valence-electron chi connectivity index (χ1n) is 4.67. The van der Waals surface area contributed by atoms with Crippen LogP contribution in [0.5, 0.6) is 0 Å². The Bertz CT molecular complexity index is 353. The number of hydrogen-bond acceptors (Lipinski definition) is 2. The molecule has 0 radical (unpaired) electrons. The van der Waals surface area contributed by atoms with Crippen LogP contribution in [0.4, 0.5) is 4.39 Å². The molecule has 0 aromatic heterocycles. The van der Waals surface area contributed by atoms with Crippen molar-refractivity contribution in [1.29, 1.82) is 5.26 Å². The third kappa shape index (κ3) is 1.61. The Kier molecular flexibility index (Phi) is 2.47. The van der Waals surface area contributed by atoms with Crippen LogP contribution in [0, 0.1) is 23.1 Å². The van der Waals surface area contributed by atoms with Gasteiger partial charge in [0.15, 0.2) is 0 Å². The van der Waals surface area contributed by atoms with Crippen LogP contribution < -0.4 is 5.32 Å². The smallest absolute Gasteiger partial charge is 0.123 e. The lowest BCUT2D eigenvalue weighted by Crippen LogP contribution is -2.08. The molecule has 72 valence electrons. The molecule has 1 N–H and O–H groups in total. The number of nitriles is 1. The standard InChI is InChI=1S/C11H11FN2/c12-10-3-1-8(2-4-10)11-7-14-6-9(11)5-13/h1-4,9,11,14H,6-7H2/t9-,11+/m1/s1. The van der Waals surface area contributed by atoms with Gasteiger partial charge in [-0.1, -0.05) is 12.1 Å². The monoisotopic (exact) mass is 190 g/mol. The molecule has 2 rings (SSSR count). The van der Waals surface area contributed by atoms with Crippen molar-refractivity contribution >= 4 is 0 Å². The second-order valence-electron chi connectivity index (χ2n) is 3.55. The topological polar surface area (TPSA) is 35.8 Å². The summed E-state index contributed by atoms with van der Waals surface area (Å²) in [5, 5.41) is 12.1. The number of hydrogen-bond donors (Lipinski definition) is 1. The summed E-state index contributed by atoms with van der Waals surface area (Å²) < 4.78 is 12.7. The fourth-order valence-corrected chi connectivity index (χ4v) is 1.87. The maximum absolute atomic E-state index is 12.7. The molecule has 3 heteroatoms. The molecule has 1 aliphatic rings. The molecule has 0 aliphatic carbocycles. The second-order valence-corrected chi connectivity index (χ2v) is 3.55. The van der Waals surface area contributed by atoms with Crippen LogP contribution >= 0.6 is 0 Å². The van der Waals surface area contributed by atoms with Gasteiger partial charge in [0, 0.05) is 19.0 Å². The first-order valence-corrected chi connectivity index (χ1v) is 4.67. The van der Waals surface area contributed by atoms with E-state index in [0.29, 0.717) is 0 Å². The maximum Gasteiger partial charge on any atom is 0.123 e. The second kappa shape index (κ2) is 3.77. The maximum atomic E-state index is 12.7. The zero-order chi connectivity index (χ0) is 9.97. The molecule has 1 heterocycles. The van der Waals surface area contributed by atoms with Crippen molar-refractivity contribution in [3.05, 3.63) is 35.6 Å². The van der Waals surface area contributed by atoms with Gasteiger partial charge in [-0.05, 0) is 17.7 Å². The molecule has 1 aromatic rings. The molecule has 0 spiro atoms. The van der Waals surface area contributed by atoms with Crippen molar-refractivity contribution in [2.45, 2.75) is 5.92 Å². The average Bonchev–Trinajstić information content (AvgIpc) is 2.67. The van der Waals surface area contributed by atoms with Crippen LogP contribution in [-0.4, -0.2) is 13.1 Å². The molecule has 14 heavy (non-hydrogen) atoms. The molecule has 2 nitrogen and oxygen atoms in total. The minimum Gasteiger partial charge on any atom is -0.315 e. The summed E-state index contributed by atoms with van der Waals surface area (Å²) >= 11 is 0. The summed E-state index contributed by atoms with van der Waals surface area (Å²) in [4.78, 5) is 0. The molecule has 0 amide bonds. The lowest BCUT2D eigenvalue weighted by Gasteiger charge is -2.11. The zero-order valence-corrected chi connectivity index (χ0v) is 7.70. The third-order valence-electron chi connectivity index (χ3n) is 2.68. The van der Waals surface area contributed by atoms with E-state index in [4.69, 9.17) is 5.26 Å². The summed E-state index contributed by atoms with van der Waals surface area (Å²) in [5.74, 6) is -0.00530. The SMILES string of the molecule is N#C[C@@H]1CNC[C@H]1c1ccc(F)cc1. The highest BCUT2D eigenvalue weighted by Crippen LogP contribution is 2.27. The van der Waals surface area contributed by atoms with Crippen molar-refractivity contribution in [1.82, 2.24) is 5.32 Å². The molecule has 0 unspecified atom stereocenters. The Labute approximate surface area is 82.4 Å². The summed E-state index contributed by atoms with van der Waals surface area (Å²) in [6, 6.07) is 8.69. The van der Waals surface area contributed by atoms with Gasteiger partial charge in [-0.15, -0.1) is 0 Å². The van der Waals surface area contributed by atoms with Gasteiger partial charge < -0.3 is 5.32 Å². The van der Waals surface area contributed by atoms with E-state index in [-0.39, 0.29) is 17.7 Å². The Balaban J connectivity index is 2.23. The Hall–Kier alpha value is -1.40. The van der Waals surface area contributed by atoms with Gasteiger partial charge in [-0.3, -0.25) is 0 Å². The minimum atomic E-state index is -0.229. The largest absolute Gasteiger partial charge is 0.315 e. The first kappa shape index (κ1) is 9.17. The van der Waals surface area contributed by atoms with Crippen LogP contribution in [0.3, 0.4) is 0 Å². The number of halogens is 1. The lowest BCUT2D eigenvalue weighted by atomic mass is 9.90. The number of benzene rings is 1. The van der Waals surface area contributed by atoms with E-state index >= 15 is 0 Å². The highest BCUT2D eigenvalue weighted by atomic mass is 19.1. The highest BCUT2D eigenvalue weighted by Gasteiger charge is 2.27. The molecule has 0 saturated carbocycles. The first-order chi connectivity index (χ1) is 6.81. The van der Waals surface area contributed by atoms with E-state index in [9.17, 15) is 4.39 Å². The summed E-state index contributed by atoms with van der Waals surface area (Å²) in [7, 11) is 0. The minimum absolute atomic E-state index is 0.0143. The van der Waals surface area contributed by atoms with Crippen LogP contribution in [0.2, 0.25) is 0 Å². The average molecular weight is 190 g/mol. The summed E-state index contributed by atoms with van der Waals surface area (Å²) in [6.07, 6.45) is 0. The van der Waals surface area contributed by atoms with E-state index in [1.807, 2.05) is 0 Å². The molecule has 1 aliphatic heterocycles. The van der Waals surface area contributed by atoms with E-state index in [2.05, 4.69) is 11.4 Å². The zero-order valence-electron chi connectivity index (χ0n) is 7.70. The van der Waals surface area contributed by atoms with Crippen LogP contribution in [0.15, 0.2) is 24.3 Å². The fraction of sp³-hybridized carbons (Fsp3) is 0.364. The molecule has 1 saturated heterocycles. The van der Waals surface area contributed by atoms with Crippen molar-refractivity contribution in [3.8, 4) is 6.07 Å². The van der Waals surface area contributed by atoms with Gasteiger partial charge in [0.1, 0.15) is 5.82 Å². The van der Waals surface area contributed by atoms with Crippen LogP contribution in [-0.2, 0) is 0 Å². The van der Waals surface area contributed by atoms with Gasteiger partial charge in [0.05, 0.1) is 12.0 Å². The van der Waals surface area contributed by atoms with Gasteiger partial charge in [0.2, 0.25) is 0 Å². The Morgan fingerprint density at radius 3 is 2.64 bits per heavy atom. The van der Waals surface area contributed by atoms with Gasteiger partial charge in [0.25, 0.3) is 0 Å². The van der Waals surface area contributed by atoms with E-state index in [1.165, 1.54) is 12.1 Å². The van der Waals surface area contributed by atoms with Crippen molar-refractivity contribution in [2.24, 2.45) is 5.92 Å². The molecule has 2 atom stereocenters. The summed E-state index contributed by atoms with van der Waals surface area (Å²) in [6.45, 7) is 1.54. The van der Waals surface area contributed by atoms with Crippen LogP contribution in [0.1, 0.15) is 11.5 Å². The molecular weight excluding hydrogens is 179 g/mol. The van der Waals surface area contributed by atoms with Crippen molar-refractivity contribution in [2.75, 3.05) is 13.1 Å². The molecule has 1 fully saturated rings. The summed E-state index contributed by atoms with van der Waals surface area (Å²) in [5.41, 5.74) is 1.04. The fourth-order valence-electron chi connectivity index (χ4n) is 1.87. The predicted octanol–water partition coefficient (Wildman–Crippen LogP) is 1.65. The molecular formula is C11H11FN2. The van der Waals surface area contributed by atoms with Gasteiger partial charge in [-0.25, -0.2) is 4.39 Å². The van der Waals surface area contributed by atoms with Crippen molar-refractivity contribution in [3.63, 3.8) is 0 Å².